The van der Waals surface area contributed by atoms with Gasteiger partial charge in [-0.15, -0.1) is 12.4 Å². The maximum atomic E-state index is 10.6. The zero-order valence-corrected chi connectivity index (χ0v) is 7.34. The Morgan fingerprint density at radius 3 is 2.15 bits per heavy atom. The topological polar surface area (TPSA) is 110 Å². The molecule has 1 rings (SSSR count). The maximum Gasteiger partial charge on any atom is 0.250 e. The van der Waals surface area contributed by atoms with Crippen LogP contribution < -0.4 is 11.5 Å². The lowest BCUT2D eigenvalue weighted by atomic mass is 10.1. The van der Waals surface area contributed by atoms with Gasteiger partial charge in [0, 0.05) is 11.8 Å². The molecular weight excluding hydrogens is 196 g/mol. The van der Waals surface area contributed by atoms with Crippen molar-refractivity contribution in [3.8, 4) is 11.5 Å². The molecule has 1 aromatic carbocycles. The first-order valence-corrected chi connectivity index (χ1v) is 3.13. The molecular formula is C7H9ClN2O3. The van der Waals surface area contributed by atoms with Crippen LogP contribution in [-0.4, -0.2) is 16.1 Å². The highest BCUT2D eigenvalue weighted by atomic mass is 35.5. The van der Waals surface area contributed by atoms with Crippen LogP contribution in [0, 0.1) is 0 Å². The van der Waals surface area contributed by atoms with Crippen LogP contribution in [0.3, 0.4) is 0 Å². The quantitative estimate of drug-likeness (QED) is 0.298. The van der Waals surface area contributed by atoms with Crippen LogP contribution in [-0.2, 0) is 0 Å². The van der Waals surface area contributed by atoms with Crippen molar-refractivity contribution in [3.05, 3.63) is 17.7 Å². The van der Waals surface area contributed by atoms with E-state index < -0.39 is 11.7 Å². The first-order valence-electron chi connectivity index (χ1n) is 3.13. The van der Waals surface area contributed by atoms with E-state index in [0.717, 1.165) is 12.1 Å². The SMILES string of the molecule is Cl.NC(=O)c1cc(O)c(O)cc1N. The highest BCUT2D eigenvalue weighted by molar-refractivity contribution is 5.98. The molecule has 6 N–H and O–H groups in total. The fraction of sp³-hybridized carbons (Fsp3) is 0. The summed E-state index contributed by atoms with van der Waals surface area (Å²) >= 11 is 0. The van der Waals surface area contributed by atoms with Gasteiger partial charge < -0.3 is 21.7 Å². The van der Waals surface area contributed by atoms with Gasteiger partial charge in [-0.1, -0.05) is 0 Å². The smallest absolute Gasteiger partial charge is 0.250 e. The molecule has 0 heterocycles. The minimum absolute atomic E-state index is 0. The number of phenols is 2. The Labute approximate surface area is 80.4 Å². The van der Waals surface area contributed by atoms with E-state index in [4.69, 9.17) is 21.7 Å². The summed E-state index contributed by atoms with van der Waals surface area (Å²) in [5, 5.41) is 17.9. The molecule has 0 atom stereocenters. The van der Waals surface area contributed by atoms with Crippen molar-refractivity contribution in [1.29, 1.82) is 0 Å². The average molecular weight is 205 g/mol. The van der Waals surface area contributed by atoms with Crippen molar-refractivity contribution < 1.29 is 15.0 Å². The van der Waals surface area contributed by atoms with Gasteiger partial charge in [-0.2, -0.15) is 0 Å². The molecule has 72 valence electrons. The van der Waals surface area contributed by atoms with Gasteiger partial charge in [-0.3, -0.25) is 4.79 Å². The Balaban J connectivity index is 0.00000144. The van der Waals surface area contributed by atoms with Gasteiger partial charge in [0.2, 0.25) is 0 Å². The number of carbonyl (C=O) groups excluding carboxylic acids is 1. The van der Waals surface area contributed by atoms with Gasteiger partial charge in [0.05, 0.1) is 5.56 Å². The summed E-state index contributed by atoms with van der Waals surface area (Å²) in [5.41, 5.74) is 10.3. The summed E-state index contributed by atoms with van der Waals surface area (Å²) < 4.78 is 0. The van der Waals surface area contributed by atoms with Gasteiger partial charge in [-0.25, -0.2) is 0 Å². The summed E-state index contributed by atoms with van der Waals surface area (Å²) in [6.45, 7) is 0. The van der Waals surface area contributed by atoms with Crippen LogP contribution in [0.1, 0.15) is 10.4 Å². The van der Waals surface area contributed by atoms with Gasteiger partial charge in [0.15, 0.2) is 11.5 Å². The number of carbonyl (C=O) groups is 1. The lowest BCUT2D eigenvalue weighted by Gasteiger charge is -2.03. The summed E-state index contributed by atoms with van der Waals surface area (Å²) in [5.74, 6) is -1.54. The summed E-state index contributed by atoms with van der Waals surface area (Å²) in [7, 11) is 0. The van der Waals surface area contributed by atoms with Gasteiger partial charge in [0.1, 0.15) is 0 Å². The number of aromatic hydroxyl groups is 2. The van der Waals surface area contributed by atoms with Crippen molar-refractivity contribution in [2.45, 2.75) is 0 Å². The van der Waals surface area contributed by atoms with Crippen LogP contribution >= 0.6 is 12.4 Å². The van der Waals surface area contributed by atoms with Crippen molar-refractivity contribution in [1.82, 2.24) is 0 Å². The number of nitrogen functional groups attached to an aromatic ring is 1. The molecule has 0 radical (unpaired) electrons. The van der Waals surface area contributed by atoms with Crippen LogP contribution in [0.15, 0.2) is 12.1 Å². The Bertz CT molecular complexity index is 341. The van der Waals surface area contributed by atoms with E-state index in [-0.39, 0.29) is 29.4 Å². The van der Waals surface area contributed by atoms with Gasteiger partial charge in [-0.05, 0) is 6.07 Å². The third kappa shape index (κ3) is 2.16. The summed E-state index contributed by atoms with van der Waals surface area (Å²) in [6, 6.07) is 2.09. The first kappa shape index (κ1) is 11.4. The molecule has 0 spiro atoms. The van der Waals surface area contributed by atoms with E-state index in [1.165, 1.54) is 0 Å². The Kier molecular flexibility index (Phi) is 3.38. The maximum absolute atomic E-state index is 10.6. The van der Waals surface area contributed by atoms with Gasteiger partial charge >= 0.3 is 0 Å². The molecule has 0 fully saturated rings. The number of hydrogen-bond donors (Lipinski definition) is 4. The lowest BCUT2D eigenvalue weighted by Crippen LogP contribution is -2.13. The molecule has 0 unspecified atom stereocenters. The summed E-state index contributed by atoms with van der Waals surface area (Å²) in [6.07, 6.45) is 0. The minimum atomic E-state index is -0.747. The normalized spacial score (nSPS) is 8.92. The van der Waals surface area contributed by atoms with Crippen LogP contribution in [0.4, 0.5) is 5.69 Å². The molecule has 0 aromatic heterocycles. The van der Waals surface area contributed by atoms with Crippen LogP contribution in [0.2, 0.25) is 0 Å². The van der Waals surface area contributed by atoms with E-state index in [2.05, 4.69) is 0 Å². The van der Waals surface area contributed by atoms with Crippen molar-refractivity contribution in [3.63, 3.8) is 0 Å². The lowest BCUT2D eigenvalue weighted by molar-refractivity contribution is 0.100. The second kappa shape index (κ2) is 3.86. The zero-order valence-electron chi connectivity index (χ0n) is 6.52. The molecule has 0 saturated carbocycles. The van der Waals surface area contributed by atoms with E-state index in [9.17, 15) is 4.79 Å². The van der Waals surface area contributed by atoms with E-state index >= 15 is 0 Å². The predicted molar refractivity (Wildman–Crippen MR) is 49.9 cm³/mol. The number of benzene rings is 1. The Morgan fingerprint density at radius 1 is 1.23 bits per heavy atom. The molecule has 1 aromatic rings. The molecule has 0 aliphatic rings. The number of hydrogen-bond acceptors (Lipinski definition) is 4. The van der Waals surface area contributed by atoms with Crippen LogP contribution in [0.5, 0.6) is 11.5 Å². The minimum Gasteiger partial charge on any atom is -0.504 e. The number of anilines is 1. The second-order valence-corrected chi connectivity index (χ2v) is 2.29. The second-order valence-electron chi connectivity index (χ2n) is 2.29. The Morgan fingerprint density at radius 2 is 1.69 bits per heavy atom. The van der Waals surface area contributed by atoms with Crippen molar-refractivity contribution >= 4 is 24.0 Å². The van der Waals surface area contributed by atoms with Gasteiger partial charge in [0.25, 0.3) is 5.91 Å². The van der Waals surface area contributed by atoms with Crippen molar-refractivity contribution in [2.75, 3.05) is 5.73 Å². The number of rotatable bonds is 1. The fourth-order valence-corrected chi connectivity index (χ4v) is 0.806. The van der Waals surface area contributed by atoms with E-state index in [1.54, 1.807) is 0 Å². The predicted octanol–water partition coefficient (Wildman–Crippen LogP) is 0.201. The zero-order chi connectivity index (χ0) is 9.30. The molecule has 5 nitrogen and oxygen atoms in total. The highest BCUT2D eigenvalue weighted by Crippen LogP contribution is 2.29. The first-order chi connectivity index (χ1) is 5.52. The Hall–Kier alpha value is -1.62. The fourth-order valence-electron chi connectivity index (χ4n) is 0.806. The molecule has 0 bridgehead atoms. The van der Waals surface area contributed by atoms with Crippen molar-refractivity contribution in [2.24, 2.45) is 5.73 Å². The molecule has 1 amide bonds. The monoisotopic (exact) mass is 204 g/mol. The largest absolute Gasteiger partial charge is 0.504 e. The summed E-state index contributed by atoms with van der Waals surface area (Å²) in [4.78, 5) is 10.6. The molecule has 0 aliphatic heterocycles. The van der Waals surface area contributed by atoms with E-state index in [1.807, 2.05) is 0 Å². The third-order valence-electron chi connectivity index (χ3n) is 1.41. The molecule has 6 heteroatoms. The van der Waals surface area contributed by atoms with Crippen LogP contribution in [0.25, 0.3) is 0 Å². The number of nitrogens with two attached hydrogens (primary N) is 2. The highest BCUT2D eigenvalue weighted by Gasteiger charge is 2.09. The number of halogens is 1. The molecule has 0 saturated heterocycles. The molecule has 0 aliphatic carbocycles. The number of phenolic OH excluding ortho intramolecular Hbond substituents is 2. The third-order valence-corrected chi connectivity index (χ3v) is 1.41. The number of amides is 1. The molecule has 13 heavy (non-hydrogen) atoms. The standard InChI is InChI=1S/C7H8N2O3.ClH/c8-4-2-6(11)5(10)1-3(4)7(9)12;/h1-2,10-11H,8H2,(H2,9,12);1H. The van der Waals surface area contributed by atoms with E-state index in [0.29, 0.717) is 0 Å². The number of primary amides is 1. The average Bonchev–Trinajstić information content (AvgIpc) is 1.96.